The first-order chi connectivity index (χ1) is 16.5. The largest absolute Gasteiger partial charge is 0.486 e. The van der Waals surface area contributed by atoms with Gasteiger partial charge in [-0.2, -0.15) is 0 Å². The highest BCUT2D eigenvalue weighted by Crippen LogP contribution is 2.27. The number of hydrogen-bond acceptors (Lipinski definition) is 7. The highest BCUT2D eigenvalue weighted by Gasteiger charge is 2.21. The number of pyridine rings is 3. The maximum absolute atomic E-state index is 13.3. The van der Waals surface area contributed by atoms with Crippen LogP contribution in [0.25, 0.3) is 17.1 Å². The first-order valence-electron chi connectivity index (χ1n) is 10.7. The molecule has 4 aromatic rings. The van der Waals surface area contributed by atoms with Gasteiger partial charge >= 0.3 is 0 Å². The summed E-state index contributed by atoms with van der Waals surface area (Å²) in [6.45, 7) is 6.95. The second kappa shape index (κ2) is 9.63. The van der Waals surface area contributed by atoms with Crippen LogP contribution in [0.5, 0.6) is 5.75 Å². The van der Waals surface area contributed by atoms with Gasteiger partial charge in [-0.15, -0.1) is 0 Å². The number of nitrogens with zero attached hydrogens (tertiary/aromatic N) is 5. The molecule has 0 saturated heterocycles. The van der Waals surface area contributed by atoms with Crippen molar-refractivity contribution in [2.75, 3.05) is 0 Å². The summed E-state index contributed by atoms with van der Waals surface area (Å²) in [5.74, 6) is 0.193. The summed E-state index contributed by atoms with van der Waals surface area (Å²) in [6.07, 6.45) is 4.34. The lowest BCUT2D eigenvalue weighted by molar-refractivity contribution is 0.0688. The molecule has 0 aliphatic heterocycles. The SMILES string of the molecule is Cc1cnc(-c2ccnc(C(C)(C)O)n2)cc1-n1c(C)cc(OCc2ccc(F)cn2)c(Br)c1=O. The summed E-state index contributed by atoms with van der Waals surface area (Å²) >= 11 is 3.36. The molecule has 0 saturated carbocycles. The Kier molecular flexibility index (Phi) is 6.77. The molecule has 0 unspecified atom stereocenters. The van der Waals surface area contributed by atoms with E-state index in [-0.39, 0.29) is 22.5 Å². The Morgan fingerprint density at radius 2 is 1.86 bits per heavy atom. The van der Waals surface area contributed by atoms with E-state index in [1.807, 2.05) is 6.92 Å². The molecule has 4 aromatic heterocycles. The third kappa shape index (κ3) is 5.28. The van der Waals surface area contributed by atoms with E-state index in [2.05, 4.69) is 35.9 Å². The van der Waals surface area contributed by atoms with Crippen LogP contribution in [0.4, 0.5) is 4.39 Å². The van der Waals surface area contributed by atoms with Crippen molar-refractivity contribution in [2.24, 2.45) is 0 Å². The summed E-state index contributed by atoms with van der Waals surface area (Å²) in [5.41, 5.74) is 2.12. The van der Waals surface area contributed by atoms with Gasteiger partial charge in [0, 0.05) is 24.2 Å². The monoisotopic (exact) mass is 539 g/mol. The fourth-order valence-corrected chi connectivity index (χ4v) is 3.83. The zero-order chi connectivity index (χ0) is 25.3. The highest BCUT2D eigenvalue weighted by atomic mass is 79.9. The number of halogens is 2. The van der Waals surface area contributed by atoms with Gasteiger partial charge in [-0.05, 0) is 73.5 Å². The first-order valence-corrected chi connectivity index (χ1v) is 11.5. The lowest BCUT2D eigenvalue weighted by Gasteiger charge is -2.18. The number of aliphatic hydroxyl groups is 1. The van der Waals surface area contributed by atoms with Crippen LogP contribution in [0.1, 0.15) is 36.6 Å². The average molecular weight is 540 g/mol. The van der Waals surface area contributed by atoms with Crippen LogP contribution >= 0.6 is 15.9 Å². The molecule has 0 aliphatic rings. The summed E-state index contributed by atoms with van der Waals surface area (Å²) in [4.78, 5) is 30.4. The van der Waals surface area contributed by atoms with E-state index in [1.54, 1.807) is 55.9 Å². The molecule has 0 bridgehead atoms. The predicted octanol–water partition coefficient (Wildman–Crippen LogP) is 4.41. The Bertz CT molecular complexity index is 1450. The summed E-state index contributed by atoms with van der Waals surface area (Å²) in [5, 5.41) is 10.3. The Labute approximate surface area is 209 Å². The highest BCUT2D eigenvalue weighted by molar-refractivity contribution is 9.10. The van der Waals surface area contributed by atoms with Gasteiger partial charge < -0.3 is 9.84 Å². The fraction of sp³-hybridized carbons (Fsp3) is 0.240. The topological polar surface area (TPSA) is 103 Å². The third-order valence-corrected chi connectivity index (χ3v) is 5.97. The normalized spacial score (nSPS) is 11.5. The van der Waals surface area contributed by atoms with Gasteiger partial charge in [-0.1, -0.05) is 0 Å². The Balaban J connectivity index is 1.72. The Hall–Kier alpha value is -3.50. The smallest absolute Gasteiger partial charge is 0.273 e. The van der Waals surface area contributed by atoms with Crippen LogP contribution in [-0.2, 0) is 12.2 Å². The van der Waals surface area contributed by atoms with Gasteiger partial charge in [0.25, 0.3) is 5.56 Å². The molecule has 0 aromatic carbocycles. The van der Waals surface area contributed by atoms with E-state index in [9.17, 15) is 14.3 Å². The minimum atomic E-state index is -1.21. The molecule has 0 amide bonds. The van der Waals surface area contributed by atoms with Crippen LogP contribution in [-0.4, -0.2) is 29.6 Å². The zero-order valence-corrected chi connectivity index (χ0v) is 21.2. The molecule has 0 radical (unpaired) electrons. The minimum absolute atomic E-state index is 0.0808. The molecule has 4 heterocycles. The van der Waals surface area contributed by atoms with Gasteiger partial charge in [0.1, 0.15) is 28.2 Å². The summed E-state index contributed by atoms with van der Waals surface area (Å²) < 4.78 is 20.7. The second-order valence-corrected chi connectivity index (χ2v) is 9.33. The molecule has 35 heavy (non-hydrogen) atoms. The van der Waals surface area contributed by atoms with Crippen molar-refractivity contribution in [2.45, 2.75) is 39.9 Å². The first kappa shape index (κ1) is 24.6. The molecular formula is C25H23BrFN5O3. The van der Waals surface area contributed by atoms with E-state index >= 15 is 0 Å². The van der Waals surface area contributed by atoms with Crippen LogP contribution in [0, 0.1) is 19.7 Å². The molecule has 10 heteroatoms. The van der Waals surface area contributed by atoms with Crippen LogP contribution < -0.4 is 10.3 Å². The van der Waals surface area contributed by atoms with E-state index in [1.165, 1.54) is 12.1 Å². The van der Waals surface area contributed by atoms with Crippen molar-refractivity contribution in [3.63, 3.8) is 0 Å². The number of rotatable bonds is 6. The van der Waals surface area contributed by atoms with E-state index in [4.69, 9.17) is 4.74 Å². The standard InChI is InChI=1S/C25H23BrFN5O3/c1-14-11-30-19(18-7-8-28-24(31-18)25(3,4)34)10-20(14)32-15(2)9-21(22(26)23(32)33)35-13-17-6-5-16(27)12-29-17/h5-12,34H,13H2,1-4H3. The summed E-state index contributed by atoms with van der Waals surface area (Å²) in [7, 11) is 0. The zero-order valence-electron chi connectivity index (χ0n) is 19.6. The van der Waals surface area contributed by atoms with Crippen molar-refractivity contribution in [1.29, 1.82) is 0 Å². The molecular weight excluding hydrogens is 517 g/mol. The minimum Gasteiger partial charge on any atom is -0.486 e. The van der Waals surface area contributed by atoms with Crippen LogP contribution in [0.15, 0.2) is 58.2 Å². The van der Waals surface area contributed by atoms with E-state index < -0.39 is 11.4 Å². The fourth-order valence-electron chi connectivity index (χ4n) is 3.42. The van der Waals surface area contributed by atoms with Gasteiger partial charge in [-0.25, -0.2) is 14.4 Å². The van der Waals surface area contributed by atoms with Crippen molar-refractivity contribution in [3.8, 4) is 22.8 Å². The van der Waals surface area contributed by atoms with Gasteiger partial charge in [0.05, 0.1) is 29.0 Å². The number of hydrogen-bond donors (Lipinski definition) is 1. The molecule has 1 N–H and O–H groups in total. The maximum atomic E-state index is 13.3. The average Bonchev–Trinajstić information content (AvgIpc) is 2.82. The Morgan fingerprint density at radius 3 is 2.54 bits per heavy atom. The van der Waals surface area contributed by atoms with Gasteiger partial charge in [-0.3, -0.25) is 19.3 Å². The Morgan fingerprint density at radius 1 is 1.09 bits per heavy atom. The maximum Gasteiger partial charge on any atom is 0.273 e. The molecule has 8 nitrogen and oxygen atoms in total. The quantitative estimate of drug-likeness (QED) is 0.387. The lowest BCUT2D eigenvalue weighted by Crippen LogP contribution is -2.23. The van der Waals surface area contributed by atoms with Crippen LogP contribution in [0.3, 0.4) is 0 Å². The van der Waals surface area contributed by atoms with Crippen molar-refractivity contribution < 1.29 is 14.2 Å². The van der Waals surface area contributed by atoms with Gasteiger partial charge in [0.2, 0.25) is 0 Å². The molecule has 0 atom stereocenters. The lowest BCUT2D eigenvalue weighted by atomic mass is 10.1. The second-order valence-electron chi connectivity index (χ2n) is 8.54. The van der Waals surface area contributed by atoms with Crippen molar-refractivity contribution in [3.05, 3.63) is 92.3 Å². The molecule has 0 fully saturated rings. The van der Waals surface area contributed by atoms with E-state index in [0.29, 0.717) is 34.2 Å². The van der Waals surface area contributed by atoms with Crippen LogP contribution in [0.2, 0.25) is 0 Å². The number of aryl methyl sites for hydroxylation is 2. The predicted molar refractivity (Wildman–Crippen MR) is 132 cm³/mol. The van der Waals surface area contributed by atoms with E-state index in [0.717, 1.165) is 11.8 Å². The summed E-state index contributed by atoms with van der Waals surface area (Å²) in [6, 6.07) is 8.04. The van der Waals surface area contributed by atoms with Crippen molar-refractivity contribution >= 4 is 15.9 Å². The number of aromatic nitrogens is 5. The molecule has 180 valence electrons. The van der Waals surface area contributed by atoms with Gasteiger partial charge in [0.15, 0.2) is 5.82 Å². The number of ether oxygens (including phenoxy) is 1. The molecule has 0 aliphatic carbocycles. The molecule has 0 spiro atoms. The molecule has 4 rings (SSSR count). The van der Waals surface area contributed by atoms with Crippen molar-refractivity contribution in [1.82, 2.24) is 24.5 Å². The third-order valence-electron chi connectivity index (χ3n) is 5.24.